The van der Waals surface area contributed by atoms with Crippen LogP contribution in [0.4, 0.5) is 0 Å². The lowest BCUT2D eigenvalue weighted by atomic mass is 10.0. The van der Waals surface area contributed by atoms with Gasteiger partial charge in [-0.1, -0.05) is 59.8 Å². The highest BCUT2D eigenvalue weighted by atomic mass is 32.2. The minimum atomic E-state index is -0.336. The standard InChI is InChI=1S/C20H20O4S/c1-12-7-9-14(10-8-12)25-20-18-17(23-18)16-15(22-20)11-21-19(24-16)13-5-3-2-4-6-13/h2-10,15-20H,11H2,1H3/t15-,16-,17+,18+,19?,20+/m1/s1. The molecular formula is C20H20O4S. The van der Waals surface area contributed by atoms with Crippen LogP contribution in [0.2, 0.25) is 0 Å². The Kier molecular flexibility index (Phi) is 4.07. The van der Waals surface area contributed by atoms with Gasteiger partial charge in [-0.15, -0.1) is 0 Å². The molecule has 5 heteroatoms. The lowest BCUT2D eigenvalue weighted by Gasteiger charge is -2.39. The van der Waals surface area contributed by atoms with Gasteiger partial charge >= 0.3 is 0 Å². The van der Waals surface area contributed by atoms with E-state index >= 15 is 0 Å². The summed E-state index contributed by atoms with van der Waals surface area (Å²) in [6.45, 7) is 2.62. The topological polar surface area (TPSA) is 40.2 Å². The first-order chi connectivity index (χ1) is 12.3. The molecule has 0 spiro atoms. The van der Waals surface area contributed by atoms with E-state index in [1.807, 2.05) is 30.3 Å². The highest BCUT2D eigenvalue weighted by molar-refractivity contribution is 7.99. The molecule has 3 heterocycles. The summed E-state index contributed by atoms with van der Waals surface area (Å²) < 4.78 is 24.2. The fourth-order valence-corrected chi connectivity index (χ4v) is 4.57. The molecular weight excluding hydrogens is 336 g/mol. The molecule has 0 amide bonds. The summed E-state index contributed by atoms with van der Waals surface area (Å²) in [6, 6.07) is 18.5. The third-order valence-corrected chi connectivity index (χ3v) is 6.02. The average molecular weight is 356 g/mol. The molecule has 25 heavy (non-hydrogen) atoms. The van der Waals surface area contributed by atoms with Crippen LogP contribution in [-0.2, 0) is 18.9 Å². The number of benzene rings is 2. The highest BCUT2D eigenvalue weighted by Gasteiger charge is 2.60. The van der Waals surface area contributed by atoms with Gasteiger partial charge in [-0.3, -0.25) is 0 Å². The van der Waals surface area contributed by atoms with Crippen LogP contribution in [0.25, 0.3) is 0 Å². The Morgan fingerprint density at radius 3 is 2.44 bits per heavy atom. The summed E-state index contributed by atoms with van der Waals surface area (Å²) >= 11 is 1.72. The van der Waals surface area contributed by atoms with Crippen molar-refractivity contribution in [3.05, 3.63) is 65.7 Å². The molecule has 5 rings (SSSR count). The van der Waals surface area contributed by atoms with Crippen LogP contribution in [0.1, 0.15) is 17.4 Å². The number of fused-ring (bicyclic) bond motifs is 3. The third kappa shape index (κ3) is 3.11. The van der Waals surface area contributed by atoms with E-state index in [2.05, 4.69) is 31.2 Å². The minimum absolute atomic E-state index is 0.00516. The molecule has 4 nitrogen and oxygen atoms in total. The molecule has 130 valence electrons. The maximum absolute atomic E-state index is 6.25. The van der Waals surface area contributed by atoms with Crippen molar-refractivity contribution >= 4 is 11.8 Å². The van der Waals surface area contributed by atoms with Crippen molar-refractivity contribution in [3.8, 4) is 0 Å². The van der Waals surface area contributed by atoms with Crippen LogP contribution in [0.15, 0.2) is 59.5 Å². The Balaban J connectivity index is 1.26. The third-order valence-electron chi connectivity index (χ3n) is 4.87. The number of aryl methyl sites for hydroxylation is 1. The molecule has 3 aliphatic heterocycles. The molecule has 0 saturated carbocycles. The molecule has 2 aromatic rings. The van der Waals surface area contributed by atoms with E-state index in [4.69, 9.17) is 18.9 Å². The molecule has 6 atom stereocenters. The molecule has 0 aliphatic carbocycles. The van der Waals surface area contributed by atoms with Crippen molar-refractivity contribution in [3.63, 3.8) is 0 Å². The Morgan fingerprint density at radius 2 is 1.64 bits per heavy atom. The molecule has 0 radical (unpaired) electrons. The van der Waals surface area contributed by atoms with Gasteiger partial charge in [0.25, 0.3) is 0 Å². The van der Waals surface area contributed by atoms with Gasteiger partial charge in [-0.2, -0.15) is 0 Å². The molecule has 3 fully saturated rings. The number of ether oxygens (including phenoxy) is 4. The summed E-state index contributed by atoms with van der Waals surface area (Å²) in [5.41, 5.74) is 2.29. The summed E-state index contributed by atoms with van der Waals surface area (Å²) in [5.74, 6) is 0. The van der Waals surface area contributed by atoms with Crippen LogP contribution in [-0.4, -0.2) is 36.5 Å². The van der Waals surface area contributed by atoms with Crippen molar-refractivity contribution in [2.45, 2.75) is 48.0 Å². The van der Waals surface area contributed by atoms with Gasteiger partial charge in [0, 0.05) is 10.5 Å². The van der Waals surface area contributed by atoms with Gasteiger partial charge in [0.05, 0.1) is 6.61 Å². The number of rotatable bonds is 3. The number of hydrogen-bond acceptors (Lipinski definition) is 5. The maximum Gasteiger partial charge on any atom is 0.184 e. The van der Waals surface area contributed by atoms with Gasteiger partial charge in [0.1, 0.15) is 29.9 Å². The van der Waals surface area contributed by atoms with Gasteiger partial charge in [-0.05, 0) is 19.1 Å². The van der Waals surface area contributed by atoms with Crippen LogP contribution in [0, 0.1) is 6.92 Å². The summed E-state index contributed by atoms with van der Waals surface area (Å²) in [4.78, 5) is 1.20. The minimum Gasteiger partial charge on any atom is -0.363 e. The first-order valence-electron chi connectivity index (χ1n) is 8.64. The molecule has 3 aliphatic rings. The molecule has 1 unspecified atom stereocenters. The predicted octanol–water partition coefficient (Wildman–Crippen LogP) is 3.69. The Bertz CT molecular complexity index is 735. The second-order valence-electron chi connectivity index (χ2n) is 6.72. The van der Waals surface area contributed by atoms with Crippen LogP contribution in [0.5, 0.6) is 0 Å². The Labute approximate surface area is 151 Å². The Morgan fingerprint density at radius 1 is 0.840 bits per heavy atom. The normalized spacial score (nSPS) is 36.4. The highest BCUT2D eigenvalue weighted by Crippen LogP contribution is 2.47. The van der Waals surface area contributed by atoms with Gasteiger partial charge in [-0.25, -0.2) is 0 Å². The lowest BCUT2D eigenvalue weighted by Crippen LogP contribution is -2.51. The zero-order valence-corrected chi connectivity index (χ0v) is 14.7. The van der Waals surface area contributed by atoms with Crippen LogP contribution in [0.3, 0.4) is 0 Å². The van der Waals surface area contributed by atoms with Crippen molar-refractivity contribution in [2.75, 3.05) is 6.61 Å². The van der Waals surface area contributed by atoms with Crippen molar-refractivity contribution < 1.29 is 18.9 Å². The van der Waals surface area contributed by atoms with E-state index in [0.29, 0.717) is 6.61 Å². The van der Waals surface area contributed by atoms with Gasteiger partial charge in [0.15, 0.2) is 6.29 Å². The monoisotopic (exact) mass is 356 g/mol. The Hall–Kier alpha value is -1.37. The largest absolute Gasteiger partial charge is 0.363 e. The van der Waals surface area contributed by atoms with Crippen molar-refractivity contribution in [1.82, 2.24) is 0 Å². The fourth-order valence-electron chi connectivity index (χ4n) is 3.45. The molecule has 3 saturated heterocycles. The number of thioether (sulfide) groups is 1. The molecule has 0 N–H and O–H groups in total. The average Bonchev–Trinajstić information content (AvgIpc) is 3.46. The van der Waals surface area contributed by atoms with Crippen molar-refractivity contribution in [2.24, 2.45) is 0 Å². The zero-order valence-electron chi connectivity index (χ0n) is 13.9. The quantitative estimate of drug-likeness (QED) is 0.785. The van der Waals surface area contributed by atoms with E-state index < -0.39 is 0 Å². The van der Waals surface area contributed by atoms with E-state index in [1.165, 1.54) is 10.5 Å². The zero-order chi connectivity index (χ0) is 16.8. The molecule has 0 aromatic heterocycles. The summed E-state index contributed by atoms with van der Waals surface area (Å²) in [7, 11) is 0. The number of hydrogen-bond donors (Lipinski definition) is 0. The van der Waals surface area contributed by atoms with Crippen LogP contribution >= 0.6 is 11.8 Å². The molecule has 2 aromatic carbocycles. The second kappa shape index (κ2) is 6.41. The molecule has 0 bridgehead atoms. The van der Waals surface area contributed by atoms with E-state index in [9.17, 15) is 0 Å². The SMILES string of the molecule is Cc1ccc(S[C@@H]2O[C@@H]3COC(c4ccccc4)O[C@H]3[C@@H]3O[C@@H]32)cc1. The van der Waals surface area contributed by atoms with Crippen LogP contribution < -0.4 is 0 Å². The van der Waals surface area contributed by atoms with Gasteiger partial charge in [0.2, 0.25) is 0 Å². The lowest BCUT2D eigenvalue weighted by molar-refractivity contribution is -0.276. The number of epoxide rings is 1. The fraction of sp³-hybridized carbons (Fsp3) is 0.400. The predicted molar refractivity (Wildman–Crippen MR) is 94.4 cm³/mol. The summed E-state index contributed by atoms with van der Waals surface area (Å²) in [6.07, 6.45) is -0.262. The van der Waals surface area contributed by atoms with Crippen molar-refractivity contribution in [1.29, 1.82) is 0 Å². The smallest absolute Gasteiger partial charge is 0.184 e. The van der Waals surface area contributed by atoms with E-state index in [-0.39, 0.29) is 36.1 Å². The first kappa shape index (κ1) is 15.9. The van der Waals surface area contributed by atoms with E-state index in [1.54, 1.807) is 11.8 Å². The van der Waals surface area contributed by atoms with E-state index in [0.717, 1.165) is 5.56 Å². The van der Waals surface area contributed by atoms with Gasteiger partial charge < -0.3 is 18.9 Å². The summed E-state index contributed by atoms with van der Waals surface area (Å²) in [5, 5.41) is 0. The second-order valence-corrected chi connectivity index (χ2v) is 7.89. The maximum atomic E-state index is 6.25. The first-order valence-corrected chi connectivity index (χ1v) is 9.52.